The van der Waals surface area contributed by atoms with E-state index in [1.54, 1.807) is 0 Å². The summed E-state index contributed by atoms with van der Waals surface area (Å²) < 4.78 is 0. The lowest BCUT2D eigenvalue weighted by Gasteiger charge is -2.26. The zero-order valence-electron chi connectivity index (χ0n) is 8.19. The molecular weight excluding hydrogens is 180 g/mol. The number of allylic oxidation sites excluding steroid dienone is 1. The minimum Gasteiger partial charge on any atom is -0.478 e. The number of Topliss-reactive ketones (excluding diaryl/α,β-unsaturated/α-hetero) is 1. The molecule has 0 radical (unpaired) electrons. The Bertz CT molecular complexity index is 316. The Labute approximate surface area is 82.8 Å². The van der Waals surface area contributed by atoms with Crippen LogP contribution in [0, 0.1) is 17.8 Å². The number of aliphatic carboxylic acids is 1. The van der Waals surface area contributed by atoms with Crippen molar-refractivity contribution in [3.8, 4) is 0 Å². The van der Waals surface area contributed by atoms with Crippen molar-refractivity contribution >= 4 is 11.8 Å². The lowest BCUT2D eigenvalue weighted by Crippen LogP contribution is -2.26. The highest BCUT2D eigenvalue weighted by molar-refractivity contribution is 5.92. The van der Waals surface area contributed by atoms with E-state index >= 15 is 0 Å². The number of carboxylic acids is 1. The first-order chi connectivity index (χ1) is 6.59. The van der Waals surface area contributed by atoms with Crippen LogP contribution in [0.2, 0.25) is 0 Å². The van der Waals surface area contributed by atoms with Crippen LogP contribution in [-0.4, -0.2) is 16.9 Å². The van der Waals surface area contributed by atoms with E-state index in [9.17, 15) is 9.59 Å². The lowest BCUT2D eigenvalue weighted by molar-refractivity contribution is -0.133. The van der Waals surface area contributed by atoms with Crippen molar-refractivity contribution in [2.24, 2.45) is 17.8 Å². The van der Waals surface area contributed by atoms with Gasteiger partial charge >= 0.3 is 5.97 Å². The highest BCUT2D eigenvalue weighted by atomic mass is 16.4. The summed E-state index contributed by atoms with van der Waals surface area (Å²) in [5, 5.41) is 9.01. The number of rotatable bonds is 1. The van der Waals surface area contributed by atoms with Gasteiger partial charge in [0.1, 0.15) is 5.78 Å². The quantitative estimate of drug-likeness (QED) is 0.690. The number of fused-ring (bicyclic) bond motifs is 1. The van der Waals surface area contributed by atoms with Gasteiger partial charge in [-0.05, 0) is 18.8 Å². The van der Waals surface area contributed by atoms with Gasteiger partial charge < -0.3 is 5.11 Å². The topological polar surface area (TPSA) is 54.4 Å². The maximum atomic E-state index is 11.5. The number of carboxylic acid groups (broad SMARTS) is 1. The second kappa shape index (κ2) is 3.23. The summed E-state index contributed by atoms with van der Waals surface area (Å²) in [5.41, 5.74) is 0.472. The summed E-state index contributed by atoms with van der Waals surface area (Å²) in [6.07, 6.45) is 3.95. The van der Waals surface area contributed by atoms with Crippen molar-refractivity contribution in [2.45, 2.75) is 26.2 Å². The minimum atomic E-state index is -0.846. The predicted octanol–water partition coefficient (Wildman–Crippen LogP) is 1.63. The summed E-state index contributed by atoms with van der Waals surface area (Å²) in [7, 11) is 0. The van der Waals surface area contributed by atoms with Crippen molar-refractivity contribution in [1.29, 1.82) is 0 Å². The molecule has 0 spiro atoms. The van der Waals surface area contributed by atoms with E-state index in [-0.39, 0.29) is 23.5 Å². The third-order valence-electron chi connectivity index (χ3n) is 3.34. The summed E-state index contributed by atoms with van der Waals surface area (Å²) in [5.74, 6) is -0.378. The van der Waals surface area contributed by atoms with Crippen LogP contribution >= 0.6 is 0 Å². The van der Waals surface area contributed by atoms with Gasteiger partial charge in [-0.15, -0.1) is 0 Å². The van der Waals surface area contributed by atoms with Crippen molar-refractivity contribution in [1.82, 2.24) is 0 Å². The fraction of sp³-hybridized carbons (Fsp3) is 0.636. The van der Waals surface area contributed by atoms with Crippen molar-refractivity contribution in [2.75, 3.05) is 0 Å². The van der Waals surface area contributed by atoms with Gasteiger partial charge in [-0.3, -0.25) is 4.79 Å². The van der Waals surface area contributed by atoms with Crippen molar-refractivity contribution in [3.05, 3.63) is 11.6 Å². The van der Waals surface area contributed by atoms with Crippen LogP contribution in [0.15, 0.2) is 11.6 Å². The Balaban J connectivity index is 2.32. The van der Waals surface area contributed by atoms with Crippen LogP contribution in [0.5, 0.6) is 0 Å². The van der Waals surface area contributed by atoms with Crippen LogP contribution in [0.3, 0.4) is 0 Å². The fourth-order valence-corrected chi connectivity index (χ4v) is 2.71. The second-order valence-corrected chi connectivity index (χ2v) is 4.36. The number of ketones is 1. The highest BCUT2D eigenvalue weighted by Gasteiger charge is 2.41. The summed E-state index contributed by atoms with van der Waals surface area (Å²) in [6.45, 7) is 1.98. The summed E-state index contributed by atoms with van der Waals surface area (Å²) >= 11 is 0. The molecular formula is C11H14O3. The van der Waals surface area contributed by atoms with Crippen LogP contribution in [0.25, 0.3) is 0 Å². The molecule has 1 N–H and O–H groups in total. The first kappa shape index (κ1) is 9.44. The summed E-state index contributed by atoms with van der Waals surface area (Å²) in [6, 6.07) is 0. The molecule has 1 fully saturated rings. The lowest BCUT2D eigenvalue weighted by atomic mass is 9.76. The SMILES string of the molecule is C[C@@H]1C=C(C(=O)O)[C@H]2CCC(=O)[C@H]2C1. The number of hydrogen-bond acceptors (Lipinski definition) is 2. The maximum Gasteiger partial charge on any atom is 0.331 e. The maximum absolute atomic E-state index is 11.5. The first-order valence-electron chi connectivity index (χ1n) is 5.07. The molecule has 0 heterocycles. The number of carbonyl (C=O) groups excluding carboxylic acids is 1. The van der Waals surface area contributed by atoms with Gasteiger partial charge in [0.25, 0.3) is 0 Å². The third kappa shape index (κ3) is 1.37. The van der Waals surface area contributed by atoms with Gasteiger partial charge in [0.2, 0.25) is 0 Å². The zero-order chi connectivity index (χ0) is 10.3. The Kier molecular flexibility index (Phi) is 2.17. The normalized spacial score (nSPS) is 36.5. The molecule has 3 nitrogen and oxygen atoms in total. The fourth-order valence-electron chi connectivity index (χ4n) is 2.71. The Morgan fingerprint density at radius 3 is 2.86 bits per heavy atom. The molecule has 1 saturated carbocycles. The van der Waals surface area contributed by atoms with Gasteiger partial charge in [-0.1, -0.05) is 13.0 Å². The van der Waals surface area contributed by atoms with Crippen molar-refractivity contribution < 1.29 is 14.7 Å². The van der Waals surface area contributed by atoms with Crippen LogP contribution in [0.1, 0.15) is 26.2 Å². The van der Waals surface area contributed by atoms with Crippen LogP contribution < -0.4 is 0 Å². The number of carbonyl (C=O) groups is 2. The highest BCUT2D eigenvalue weighted by Crippen LogP contribution is 2.42. The van der Waals surface area contributed by atoms with E-state index < -0.39 is 5.97 Å². The average molecular weight is 194 g/mol. The van der Waals surface area contributed by atoms with Crippen LogP contribution in [-0.2, 0) is 9.59 Å². The first-order valence-corrected chi connectivity index (χ1v) is 5.07. The van der Waals surface area contributed by atoms with E-state index in [0.29, 0.717) is 12.0 Å². The Hall–Kier alpha value is -1.12. The largest absolute Gasteiger partial charge is 0.478 e. The van der Waals surface area contributed by atoms with Gasteiger partial charge in [-0.2, -0.15) is 0 Å². The van der Waals surface area contributed by atoms with Crippen LogP contribution in [0.4, 0.5) is 0 Å². The standard InChI is InChI=1S/C11H14O3/c1-6-4-8-7(2-3-10(8)12)9(5-6)11(13)14/h5-8H,2-4H2,1H3,(H,13,14)/t6-,7-,8-/m0/s1. The number of hydrogen-bond donors (Lipinski definition) is 1. The predicted molar refractivity (Wildman–Crippen MR) is 50.7 cm³/mol. The molecule has 0 aliphatic heterocycles. The Morgan fingerprint density at radius 1 is 1.50 bits per heavy atom. The van der Waals surface area contributed by atoms with E-state index in [2.05, 4.69) is 0 Å². The molecule has 14 heavy (non-hydrogen) atoms. The van der Waals surface area contributed by atoms with E-state index in [1.165, 1.54) is 0 Å². The molecule has 2 aliphatic carbocycles. The Morgan fingerprint density at radius 2 is 2.21 bits per heavy atom. The van der Waals surface area contributed by atoms with Gasteiger partial charge in [0.05, 0.1) is 0 Å². The van der Waals surface area contributed by atoms with Crippen molar-refractivity contribution in [3.63, 3.8) is 0 Å². The third-order valence-corrected chi connectivity index (χ3v) is 3.34. The van der Waals surface area contributed by atoms with Gasteiger partial charge in [0, 0.05) is 23.8 Å². The second-order valence-electron chi connectivity index (χ2n) is 4.36. The van der Waals surface area contributed by atoms with E-state index in [4.69, 9.17) is 5.11 Å². The molecule has 3 heteroatoms. The molecule has 0 aromatic carbocycles. The zero-order valence-corrected chi connectivity index (χ0v) is 8.19. The molecule has 0 amide bonds. The van der Waals surface area contributed by atoms with E-state index in [0.717, 1.165) is 12.8 Å². The van der Waals surface area contributed by atoms with E-state index in [1.807, 2.05) is 13.0 Å². The molecule has 2 rings (SSSR count). The smallest absolute Gasteiger partial charge is 0.331 e. The molecule has 0 bridgehead atoms. The molecule has 76 valence electrons. The van der Waals surface area contributed by atoms with Gasteiger partial charge in [0.15, 0.2) is 0 Å². The molecule has 0 aromatic heterocycles. The molecule has 3 atom stereocenters. The molecule has 2 aliphatic rings. The molecule has 0 saturated heterocycles. The molecule has 0 aromatic rings. The monoisotopic (exact) mass is 194 g/mol. The van der Waals surface area contributed by atoms with Gasteiger partial charge in [-0.25, -0.2) is 4.79 Å². The molecule has 0 unspecified atom stereocenters. The average Bonchev–Trinajstić information content (AvgIpc) is 2.47. The minimum absolute atomic E-state index is 0.00352. The summed E-state index contributed by atoms with van der Waals surface area (Å²) in [4.78, 5) is 22.5.